The molecule has 1 aliphatic heterocycles. The van der Waals surface area contributed by atoms with Gasteiger partial charge in [0.05, 0.1) is 11.1 Å². The summed E-state index contributed by atoms with van der Waals surface area (Å²) >= 11 is 0. The average Bonchev–Trinajstić information content (AvgIpc) is 2.99. The zero-order valence-electron chi connectivity index (χ0n) is 19.0. The van der Waals surface area contributed by atoms with Crippen LogP contribution >= 0.6 is 0 Å². The molecule has 0 saturated heterocycles. The normalized spacial score (nSPS) is 14.4. The molecule has 7 heteroatoms. The van der Waals surface area contributed by atoms with Crippen molar-refractivity contribution in [3.8, 4) is 0 Å². The Bertz CT molecular complexity index is 1020. The number of carbonyl (C=O) groups is 4. The molecular formula is C25H28N2O5. The van der Waals surface area contributed by atoms with E-state index in [0.29, 0.717) is 5.56 Å². The Hall–Kier alpha value is -3.48. The van der Waals surface area contributed by atoms with E-state index in [2.05, 4.69) is 26.1 Å². The fourth-order valence-electron chi connectivity index (χ4n) is 3.42. The summed E-state index contributed by atoms with van der Waals surface area (Å²) in [6, 6.07) is 12.7. The lowest BCUT2D eigenvalue weighted by atomic mass is 9.86. The molecule has 0 radical (unpaired) electrons. The number of hydrogen-bond donors (Lipinski definition) is 1. The van der Waals surface area contributed by atoms with Crippen molar-refractivity contribution in [2.75, 3.05) is 6.73 Å². The number of carbonyl (C=O) groups excluding carboxylic acids is 4. The van der Waals surface area contributed by atoms with Crippen LogP contribution in [0.25, 0.3) is 0 Å². The highest BCUT2D eigenvalue weighted by Crippen LogP contribution is 2.23. The minimum atomic E-state index is -0.931. The van der Waals surface area contributed by atoms with Crippen LogP contribution in [0, 0.1) is 5.92 Å². The number of ether oxygens (including phenoxy) is 1. The second-order valence-corrected chi connectivity index (χ2v) is 9.20. The molecule has 2 aromatic rings. The number of esters is 1. The van der Waals surface area contributed by atoms with E-state index in [4.69, 9.17) is 4.74 Å². The van der Waals surface area contributed by atoms with Crippen LogP contribution in [0.5, 0.6) is 0 Å². The molecule has 0 aliphatic carbocycles. The quantitative estimate of drug-likeness (QED) is 0.552. The van der Waals surface area contributed by atoms with Gasteiger partial charge in [0.25, 0.3) is 17.7 Å². The molecule has 1 atom stereocenters. The van der Waals surface area contributed by atoms with Crippen molar-refractivity contribution in [3.05, 3.63) is 70.8 Å². The van der Waals surface area contributed by atoms with Gasteiger partial charge in [0.15, 0.2) is 6.73 Å². The van der Waals surface area contributed by atoms with Gasteiger partial charge >= 0.3 is 5.97 Å². The molecule has 1 heterocycles. The Labute approximate surface area is 187 Å². The van der Waals surface area contributed by atoms with Gasteiger partial charge in [-0.3, -0.25) is 14.4 Å². The Kier molecular flexibility index (Phi) is 6.48. The van der Waals surface area contributed by atoms with Crippen LogP contribution < -0.4 is 5.32 Å². The van der Waals surface area contributed by atoms with E-state index in [9.17, 15) is 19.2 Å². The van der Waals surface area contributed by atoms with Gasteiger partial charge in [0.1, 0.15) is 6.04 Å². The molecule has 168 valence electrons. The van der Waals surface area contributed by atoms with Crippen molar-refractivity contribution in [1.82, 2.24) is 10.2 Å². The summed E-state index contributed by atoms with van der Waals surface area (Å²) in [5, 5.41) is 2.70. The first-order chi connectivity index (χ1) is 15.0. The van der Waals surface area contributed by atoms with E-state index in [-0.39, 0.29) is 22.5 Å². The van der Waals surface area contributed by atoms with Crippen LogP contribution in [0.3, 0.4) is 0 Å². The summed E-state index contributed by atoms with van der Waals surface area (Å²) in [5.74, 6) is -2.40. The van der Waals surface area contributed by atoms with Crippen LogP contribution in [0.1, 0.15) is 71.3 Å². The zero-order chi connectivity index (χ0) is 23.6. The first kappa shape index (κ1) is 23.2. The largest absolute Gasteiger partial charge is 0.442 e. The molecule has 32 heavy (non-hydrogen) atoms. The predicted octanol–water partition coefficient (Wildman–Crippen LogP) is 3.54. The fourth-order valence-corrected chi connectivity index (χ4v) is 3.42. The molecule has 7 nitrogen and oxygen atoms in total. The van der Waals surface area contributed by atoms with E-state index in [1.54, 1.807) is 50.2 Å². The van der Waals surface area contributed by atoms with Gasteiger partial charge in [0, 0.05) is 5.56 Å². The number of benzene rings is 2. The Morgan fingerprint density at radius 3 is 1.94 bits per heavy atom. The second kappa shape index (κ2) is 8.94. The van der Waals surface area contributed by atoms with Gasteiger partial charge in [-0.05, 0) is 41.2 Å². The van der Waals surface area contributed by atoms with Crippen molar-refractivity contribution in [2.24, 2.45) is 5.92 Å². The van der Waals surface area contributed by atoms with E-state index < -0.39 is 36.5 Å². The van der Waals surface area contributed by atoms with Gasteiger partial charge < -0.3 is 10.1 Å². The summed E-state index contributed by atoms with van der Waals surface area (Å²) in [5.41, 5.74) is 2.04. The van der Waals surface area contributed by atoms with E-state index in [0.717, 1.165) is 10.5 Å². The van der Waals surface area contributed by atoms with Gasteiger partial charge in [-0.1, -0.05) is 58.9 Å². The Balaban J connectivity index is 1.64. The second-order valence-electron chi connectivity index (χ2n) is 9.20. The van der Waals surface area contributed by atoms with Crippen LogP contribution in [0.2, 0.25) is 0 Å². The third-order valence-electron chi connectivity index (χ3n) is 5.43. The molecule has 0 saturated carbocycles. The lowest BCUT2D eigenvalue weighted by molar-refractivity contribution is -0.149. The minimum absolute atomic E-state index is 0.0383. The van der Waals surface area contributed by atoms with Gasteiger partial charge in [-0.2, -0.15) is 0 Å². The Morgan fingerprint density at radius 1 is 0.938 bits per heavy atom. The molecule has 3 rings (SSSR count). The molecule has 1 aliphatic rings. The van der Waals surface area contributed by atoms with E-state index >= 15 is 0 Å². The first-order valence-electron chi connectivity index (χ1n) is 10.5. The highest BCUT2D eigenvalue weighted by Gasteiger charge is 2.36. The van der Waals surface area contributed by atoms with Crippen LogP contribution in [0.4, 0.5) is 0 Å². The van der Waals surface area contributed by atoms with Gasteiger partial charge in [-0.25, -0.2) is 9.69 Å². The zero-order valence-corrected chi connectivity index (χ0v) is 19.0. The SMILES string of the molecule is CC(C)C(NC(=O)c1ccc(C(C)(C)C)cc1)C(=O)OCN1C(=O)c2ccccc2C1=O. The number of amides is 3. The maximum atomic E-state index is 12.7. The standard InChI is InChI=1S/C25H28N2O5/c1-15(2)20(26-21(28)16-10-12-17(13-11-16)25(3,4)5)24(31)32-14-27-22(29)18-8-6-7-9-19(18)23(27)30/h6-13,15,20H,14H2,1-5H3,(H,26,28). The molecule has 0 aromatic heterocycles. The van der Waals surface area contributed by atoms with Crippen LogP contribution in [-0.2, 0) is 14.9 Å². The lowest BCUT2D eigenvalue weighted by Crippen LogP contribution is -2.46. The molecular weight excluding hydrogens is 408 g/mol. The van der Waals surface area contributed by atoms with Crippen molar-refractivity contribution >= 4 is 23.7 Å². The summed E-state index contributed by atoms with van der Waals surface area (Å²) in [4.78, 5) is 51.1. The predicted molar refractivity (Wildman–Crippen MR) is 119 cm³/mol. The van der Waals surface area contributed by atoms with Crippen molar-refractivity contribution < 1.29 is 23.9 Å². The molecule has 0 bridgehead atoms. The summed E-state index contributed by atoms with van der Waals surface area (Å²) in [7, 11) is 0. The maximum Gasteiger partial charge on any atom is 0.330 e. The highest BCUT2D eigenvalue weighted by molar-refractivity contribution is 6.21. The monoisotopic (exact) mass is 436 g/mol. The van der Waals surface area contributed by atoms with Gasteiger partial charge in [0.2, 0.25) is 0 Å². The topological polar surface area (TPSA) is 92.8 Å². The minimum Gasteiger partial charge on any atom is -0.442 e. The third kappa shape index (κ3) is 4.72. The summed E-state index contributed by atoms with van der Waals surface area (Å²) in [6.45, 7) is 9.29. The first-order valence-corrected chi connectivity index (χ1v) is 10.5. The molecule has 1 unspecified atom stereocenters. The average molecular weight is 437 g/mol. The number of hydrogen-bond acceptors (Lipinski definition) is 5. The maximum absolute atomic E-state index is 12.7. The lowest BCUT2D eigenvalue weighted by Gasteiger charge is -2.23. The highest BCUT2D eigenvalue weighted by atomic mass is 16.5. The van der Waals surface area contributed by atoms with E-state index in [1.807, 2.05) is 12.1 Å². The Morgan fingerprint density at radius 2 is 1.47 bits per heavy atom. The number of nitrogens with zero attached hydrogens (tertiary/aromatic N) is 1. The molecule has 0 spiro atoms. The molecule has 0 fully saturated rings. The van der Waals surface area contributed by atoms with Crippen LogP contribution in [0.15, 0.2) is 48.5 Å². The number of nitrogens with one attached hydrogen (secondary N) is 1. The van der Waals surface area contributed by atoms with Crippen molar-refractivity contribution in [3.63, 3.8) is 0 Å². The number of rotatable bonds is 6. The van der Waals surface area contributed by atoms with E-state index in [1.165, 1.54) is 0 Å². The smallest absolute Gasteiger partial charge is 0.330 e. The molecule has 1 N–H and O–H groups in total. The number of fused-ring (bicyclic) bond motifs is 1. The molecule has 2 aromatic carbocycles. The van der Waals surface area contributed by atoms with Gasteiger partial charge in [-0.15, -0.1) is 0 Å². The van der Waals surface area contributed by atoms with Crippen molar-refractivity contribution in [2.45, 2.75) is 46.1 Å². The van der Waals surface area contributed by atoms with Crippen molar-refractivity contribution in [1.29, 1.82) is 0 Å². The fraction of sp³-hybridized carbons (Fsp3) is 0.360. The summed E-state index contributed by atoms with van der Waals surface area (Å²) < 4.78 is 5.25. The third-order valence-corrected chi connectivity index (χ3v) is 5.43. The number of imide groups is 1. The summed E-state index contributed by atoms with van der Waals surface area (Å²) in [6.07, 6.45) is 0. The van der Waals surface area contributed by atoms with Crippen LogP contribution in [-0.4, -0.2) is 41.4 Å². The molecule has 3 amide bonds.